The minimum Gasteiger partial charge on any atom is -0.456 e. The predicted molar refractivity (Wildman–Crippen MR) is 61.5 cm³/mol. The van der Waals surface area contributed by atoms with Gasteiger partial charge in [-0.1, -0.05) is 26.8 Å². The van der Waals surface area contributed by atoms with Crippen molar-refractivity contribution in [3.63, 3.8) is 0 Å². The molecule has 1 heterocycles. The van der Waals surface area contributed by atoms with Crippen LogP contribution in [-0.2, 0) is 9.53 Å². The number of rotatable bonds is 2. The zero-order chi connectivity index (χ0) is 11.6. The van der Waals surface area contributed by atoms with Crippen LogP contribution < -0.4 is 0 Å². The largest absolute Gasteiger partial charge is 0.456 e. The van der Waals surface area contributed by atoms with Crippen LogP contribution in [0.1, 0.15) is 47.5 Å². The summed E-state index contributed by atoms with van der Waals surface area (Å²) in [6, 6.07) is 0. The zero-order valence-electron chi connectivity index (χ0n) is 10.5. The third-order valence-corrected chi connectivity index (χ3v) is 3.77. The molecule has 0 bridgehead atoms. The third kappa shape index (κ3) is 2.24. The van der Waals surface area contributed by atoms with E-state index in [2.05, 4.69) is 27.7 Å². The molecule has 2 heteroatoms. The van der Waals surface area contributed by atoms with Gasteiger partial charge >= 0.3 is 5.97 Å². The van der Waals surface area contributed by atoms with Gasteiger partial charge in [-0.15, -0.1) is 0 Å². The molecule has 3 atom stereocenters. The molecule has 0 aromatic heterocycles. The Morgan fingerprint density at radius 1 is 1.67 bits per heavy atom. The number of carbonyl (C=O) groups excluding carboxylic acids is 1. The van der Waals surface area contributed by atoms with E-state index in [1.54, 1.807) is 0 Å². The quantitative estimate of drug-likeness (QED) is 0.516. The molecule has 1 fully saturated rings. The molecule has 0 radical (unpaired) electrons. The van der Waals surface area contributed by atoms with Crippen molar-refractivity contribution in [2.75, 3.05) is 0 Å². The summed E-state index contributed by atoms with van der Waals surface area (Å²) >= 11 is 0. The van der Waals surface area contributed by atoms with Crippen molar-refractivity contribution in [2.24, 2.45) is 11.8 Å². The van der Waals surface area contributed by atoms with Crippen LogP contribution in [0.5, 0.6) is 0 Å². The second-order valence-electron chi connectivity index (χ2n) is 4.86. The van der Waals surface area contributed by atoms with Gasteiger partial charge in [-0.25, -0.2) is 4.79 Å². The Morgan fingerprint density at radius 3 is 2.67 bits per heavy atom. The monoisotopic (exact) mass is 210 g/mol. The van der Waals surface area contributed by atoms with Crippen LogP contribution in [-0.4, -0.2) is 11.6 Å². The van der Waals surface area contributed by atoms with Gasteiger partial charge < -0.3 is 4.74 Å². The molecule has 0 aromatic rings. The SMILES string of the molecule is C/C=C1/C(=O)OC(C)(C(C)CC)CC1C. The highest BCUT2D eigenvalue weighted by molar-refractivity contribution is 5.90. The van der Waals surface area contributed by atoms with Crippen molar-refractivity contribution < 1.29 is 9.53 Å². The number of hydrogen-bond donors (Lipinski definition) is 0. The second kappa shape index (κ2) is 4.38. The Labute approximate surface area is 92.7 Å². The molecule has 2 nitrogen and oxygen atoms in total. The van der Waals surface area contributed by atoms with Crippen LogP contribution in [0.4, 0.5) is 0 Å². The summed E-state index contributed by atoms with van der Waals surface area (Å²) in [5, 5.41) is 0. The Bertz CT molecular complexity index is 280. The second-order valence-corrected chi connectivity index (χ2v) is 4.86. The maximum atomic E-state index is 11.8. The first-order valence-electron chi connectivity index (χ1n) is 5.84. The van der Waals surface area contributed by atoms with Gasteiger partial charge in [-0.3, -0.25) is 0 Å². The molecule has 0 spiro atoms. The highest BCUT2D eigenvalue weighted by Gasteiger charge is 2.42. The lowest BCUT2D eigenvalue weighted by molar-refractivity contribution is -0.167. The first-order valence-corrected chi connectivity index (χ1v) is 5.84. The molecule has 0 aliphatic carbocycles. The number of ether oxygens (including phenoxy) is 1. The number of hydrogen-bond acceptors (Lipinski definition) is 2. The van der Waals surface area contributed by atoms with Crippen LogP contribution >= 0.6 is 0 Å². The number of cyclic esters (lactones) is 1. The Hall–Kier alpha value is -0.790. The van der Waals surface area contributed by atoms with Gasteiger partial charge in [0, 0.05) is 5.57 Å². The molecule has 1 rings (SSSR count). The lowest BCUT2D eigenvalue weighted by atomic mass is 9.77. The van der Waals surface area contributed by atoms with E-state index in [4.69, 9.17) is 4.74 Å². The van der Waals surface area contributed by atoms with Gasteiger partial charge in [-0.2, -0.15) is 0 Å². The van der Waals surface area contributed by atoms with Gasteiger partial charge in [0.15, 0.2) is 0 Å². The molecule has 1 aliphatic heterocycles. The average molecular weight is 210 g/mol. The lowest BCUT2D eigenvalue weighted by Gasteiger charge is -2.41. The Kier molecular flexibility index (Phi) is 3.58. The van der Waals surface area contributed by atoms with Crippen molar-refractivity contribution in [3.8, 4) is 0 Å². The molecular formula is C13H22O2. The van der Waals surface area contributed by atoms with Crippen molar-refractivity contribution in [2.45, 2.75) is 53.1 Å². The van der Waals surface area contributed by atoms with Gasteiger partial charge in [-0.05, 0) is 38.5 Å². The molecule has 0 N–H and O–H groups in total. The minimum atomic E-state index is -0.280. The third-order valence-electron chi connectivity index (χ3n) is 3.77. The summed E-state index contributed by atoms with van der Waals surface area (Å²) in [4.78, 5) is 11.8. The molecule has 15 heavy (non-hydrogen) atoms. The topological polar surface area (TPSA) is 26.3 Å². The van der Waals surface area contributed by atoms with Gasteiger partial charge in [0.1, 0.15) is 5.60 Å². The van der Waals surface area contributed by atoms with Crippen molar-refractivity contribution in [1.29, 1.82) is 0 Å². The van der Waals surface area contributed by atoms with Crippen molar-refractivity contribution >= 4 is 5.97 Å². The van der Waals surface area contributed by atoms with Crippen molar-refractivity contribution in [1.82, 2.24) is 0 Å². The molecule has 86 valence electrons. The summed E-state index contributed by atoms with van der Waals surface area (Å²) in [6.07, 6.45) is 3.86. The number of allylic oxidation sites excluding steroid dienone is 1. The fourth-order valence-corrected chi connectivity index (χ4v) is 2.37. The molecular weight excluding hydrogens is 188 g/mol. The summed E-state index contributed by atoms with van der Waals surface area (Å²) in [5.41, 5.74) is 0.549. The number of esters is 1. The summed E-state index contributed by atoms with van der Waals surface area (Å²) in [5.74, 6) is 0.608. The first-order chi connectivity index (χ1) is 6.94. The fraction of sp³-hybridized carbons (Fsp3) is 0.769. The van der Waals surface area contributed by atoms with Gasteiger partial charge in [0.05, 0.1) is 0 Å². The van der Waals surface area contributed by atoms with Crippen LogP contribution in [0.2, 0.25) is 0 Å². The predicted octanol–water partition coefficient (Wildman–Crippen LogP) is 3.32. The van der Waals surface area contributed by atoms with E-state index < -0.39 is 0 Å². The zero-order valence-corrected chi connectivity index (χ0v) is 10.5. The maximum Gasteiger partial charge on any atom is 0.334 e. The van der Waals surface area contributed by atoms with E-state index >= 15 is 0 Å². The van der Waals surface area contributed by atoms with E-state index in [0.29, 0.717) is 11.8 Å². The standard InChI is InChI=1S/C13H22O2/c1-6-10(4)13(5)8-9(3)11(7-2)12(14)15-13/h7,9-10H,6,8H2,1-5H3/b11-7+. The van der Waals surface area contributed by atoms with E-state index in [1.807, 2.05) is 13.0 Å². The van der Waals surface area contributed by atoms with Crippen LogP contribution in [0.25, 0.3) is 0 Å². The van der Waals surface area contributed by atoms with E-state index in [9.17, 15) is 4.79 Å². The van der Waals surface area contributed by atoms with Crippen LogP contribution in [0.15, 0.2) is 11.6 Å². The van der Waals surface area contributed by atoms with Crippen LogP contribution in [0.3, 0.4) is 0 Å². The number of carbonyl (C=O) groups is 1. The lowest BCUT2D eigenvalue weighted by Crippen LogP contribution is -2.45. The maximum absolute atomic E-state index is 11.8. The van der Waals surface area contributed by atoms with E-state index in [-0.39, 0.29) is 11.6 Å². The van der Waals surface area contributed by atoms with E-state index in [0.717, 1.165) is 18.4 Å². The summed E-state index contributed by atoms with van der Waals surface area (Å²) in [6.45, 7) is 10.4. The summed E-state index contributed by atoms with van der Waals surface area (Å²) < 4.78 is 5.59. The van der Waals surface area contributed by atoms with Crippen molar-refractivity contribution in [3.05, 3.63) is 11.6 Å². The minimum absolute atomic E-state index is 0.126. The average Bonchev–Trinajstić information content (AvgIpc) is 2.15. The molecule has 1 aliphatic rings. The Morgan fingerprint density at radius 2 is 2.27 bits per heavy atom. The van der Waals surface area contributed by atoms with Gasteiger partial charge in [0.25, 0.3) is 0 Å². The highest BCUT2D eigenvalue weighted by atomic mass is 16.6. The summed E-state index contributed by atoms with van der Waals surface area (Å²) in [7, 11) is 0. The molecule has 0 saturated carbocycles. The molecule has 0 amide bonds. The molecule has 3 unspecified atom stereocenters. The first kappa shape index (κ1) is 12.3. The fourth-order valence-electron chi connectivity index (χ4n) is 2.37. The van der Waals surface area contributed by atoms with E-state index in [1.165, 1.54) is 0 Å². The highest BCUT2D eigenvalue weighted by Crippen LogP contribution is 2.38. The molecule has 1 saturated heterocycles. The normalized spacial score (nSPS) is 36.5. The van der Waals surface area contributed by atoms with Gasteiger partial charge in [0.2, 0.25) is 0 Å². The molecule has 0 aromatic carbocycles. The smallest absolute Gasteiger partial charge is 0.334 e. The Balaban J connectivity index is 2.89. The van der Waals surface area contributed by atoms with Crippen LogP contribution in [0, 0.1) is 11.8 Å².